The maximum absolute atomic E-state index is 14.4. The molecule has 0 bridgehead atoms. The molecule has 2 aliphatic heterocycles. The molecule has 3 fully saturated rings. The molecule has 0 aromatic carbocycles. The van der Waals surface area contributed by atoms with Crippen molar-refractivity contribution in [2.75, 3.05) is 26.4 Å². The molecule has 18 atom stereocenters. The fourth-order valence-electron chi connectivity index (χ4n) is 13.3. The number of hydrogen-bond acceptors (Lipinski definition) is 23. The lowest BCUT2D eigenvalue weighted by Gasteiger charge is -2.49. The first-order valence-electron chi connectivity index (χ1n) is 40.2. The van der Waals surface area contributed by atoms with Crippen LogP contribution in [0.1, 0.15) is 316 Å². The highest BCUT2D eigenvalue weighted by Crippen LogP contribution is 2.49. The van der Waals surface area contributed by atoms with Gasteiger partial charge in [0.1, 0.15) is 98.7 Å². The minimum absolute atomic E-state index is 0.0294. The van der Waals surface area contributed by atoms with E-state index in [0.717, 1.165) is 96.0 Å². The number of ether oxygens (including phenoxy) is 7. The lowest BCUT2D eigenvalue weighted by Crippen LogP contribution is -2.69. The van der Waals surface area contributed by atoms with Crippen molar-refractivity contribution >= 4 is 25.7 Å². The number of allylic oxidation sites excluding steroid dienone is 3. The summed E-state index contributed by atoms with van der Waals surface area (Å²) in [7, 11) is -5.72. The highest BCUT2D eigenvalue weighted by atomic mass is 31.2. The topological polar surface area (TPSA) is 374 Å². The van der Waals surface area contributed by atoms with Gasteiger partial charge in [-0.1, -0.05) is 296 Å². The third-order valence-corrected chi connectivity index (χ3v) is 20.8. The molecule has 0 radical (unpaired) electrons. The van der Waals surface area contributed by atoms with E-state index in [2.05, 4.69) is 20.8 Å². The van der Waals surface area contributed by atoms with E-state index in [0.29, 0.717) is 12.8 Å². The van der Waals surface area contributed by atoms with E-state index in [1.165, 1.54) is 186 Å². The lowest BCUT2D eigenvalue weighted by atomic mass is 9.84. The van der Waals surface area contributed by atoms with Crippen LogP contribution in [0.5, 0.6) is 0 Å². The van der Waals surface area contributed by atoms with Crippen LogP contribution in [0.4, 0.5) is 0 Å². The zero-order valence-corrected chi connectivity index (χ0v) is 63.5. The maximum Gasteiger partial charge on any atom is 0.472 e. The lowest BCUT2D eigenvalue weighted by molar-refractivity contribution is -0.360. The van der Waals surface area contributed by atoms with E-state index in [4.69, 9.17) is 42.2 Å². The fourth-order valence-corrected chi connectivity index (χ4v) is 14.3. The van der Waals surface area contributed by atoms with Crippen molar-refractivity contribution in [2.24, 2.45) is 0 Å². The van der Waals surface area contributed by atoms with Crippen LogP contribution < -0.4 is 0 Å². The maximum atomic E-state index is 14.4. The highest BCUT2D eigenvalue weighted by molar-refractivity contribution is 7.47. The van der Waals surface area contributed by atoms with E-state index in [-0.39, 0.29) is 12.8 Å². The molecular weight excluding hydrogens is 1340 g/mol. The van der Waals surface area contributed by atoms with Crippen LogP contribution in [0.25, 0.3) is 0 Å². The van der Waals surface area contributed by atoms with Gasteiger partial charge in [-0.15, -0.1) is 0 Å². The summed E-state index contributed by atoms with van der Waals surface area (Å²) in [6, 6.07) is 0. The summed E-state index contributed by atoms with van der Waals surface area (Å²) in [5.41, 5.74) is 0. The van der Waals surface area contributed by atoms with Crippen molar-refractivity contribution < 1.29 is 117 Å². The van der Waals surface area contributed by atoms with Gasteiger partial charge >= 0.3 is 25.7 Å². The van der Waals surface area contributed by atoms with Gasteiger partial charge in [-0.25, -0.2) is 9.36 Å². The Kier molecular flexibility index (Phi) is 53.7. The van der Waals surface area contributed by atoms with Crippen molar-refractivity contribution in [3.63, 3.8) is 0 Å². The molecule has 11 N–H and O–H groups in total. The van der Waals surface area contributed by atoms with Gasteiger partial charge in [0.15, 0.2) is 18.7 Å². The summed E-state index contributed by atoms with van der Waals surface area (Å²) < 4.78 is 65.0. The third kappa shape index (κ3) is 40.6. The van der Waals surface area contributed by atoms with Crippen LogP contribution in [0.2, 0.25) is 0 Å². The van der Waals surface area contributed by atoms with Crippen molar-refractivity contribution in [2.45, 2.75) is 420 Å². The molecule has 1 saturated carbocycles. The highest BCUT2D eigenvalue weighted by Gasteiger charge is 2.58. The number of unbranched alkanes of at least 4 members (excludes halogenated alkanes) is 41. The third-order valence-electron chi connectivity index (χ3n) is 19.8. The molecule has 18 unspecified atom stereocenters. The number of esters is 3. The Morgan fingerprint density at radius 2 is 0.755 bits per heavy atom. The summed E-state index contributed by atoms with van der Waals surface area (Å²) in [6.45, 7) is 3.38. The first-order chi connectivity index (χ1) is 49.3. The molecule has 3 rings (SSSR count). The molecule has 1 aliphatic carbocycles. The van der Waals surface area contributed by atoms with Gasteiger partial charge in [-0.2, -0.15) is 0 Å². The number of phosphoric acid groups is 1. The Hall–Kier alpha value is -2.56. The number of phosphoric ester groups is 1. The van der Waals surface area contributed by atoms with Crippen LogP contribution in [-0.2, 0) is 61.2 Å². The number of carbonyl (C=O) groups excluding carboxylic acids is 3. The zero-order chi connectivity index (χ0) is 74.6. The Labute approximate surface area is 611 Å². The van der Waals surface area contributed by atoms with Crippen LogP contribution >= 0.6 is 7.82 Å². The van der Waals surface area contributed by atoms with Crippen LogP contribution in [-0.4, -0.2) is 204 Å². The van der Waals surface area contributed by atoms with E-state index >= 15 is 0 Å². The first-order valence-corrected chi connectivity index (χ1v) is 41.7. The number of rotatable bonds is 63. The van der Waals surface area contributed by atoms with Gasteiger partial charge in [0.25, 0.3) is 0 Å². The van der Waals surface area contributed by atoms with Gasteiger partial charge in [0, 0.05) is 18.9 Å². The van der Waals surface area contributed by atoms with Gasteiger partial charge in [0.2, 0.25) is 0 Å². The molecule has 0 spiro atoms. The quantitative estimate of drug-likeness (QED) is 0.00673. The van der Waals surface area contributed by atoms with Crippen molar-refractivity contribution in [3.05, 3.63) is 24.3 Å². The van der Waals surface area contributed by atoms with Gasteiger partial charge < -0.3 is 89.1 Å². The molecule has 24 nitrogen and oxygen atoms in total. The first kappa shape index (κ1) is 93.6. The van der Waals surface area contributed by atoms with E-state index in [9.17, 15) is 74.9 Å². The van der Waals surface area contributed by atoms with E-state index in [1.54, 1.807) is 6.08 Å². The molecule has 598 valence electrons. The Morgan fingerprint density at radius 3 is 1.16 bits per heavy atom. The number of aliphatic hydroxyl groups excluding tert-OH is 10. The molecule has 2 heterocycles. The van der Waals surface area contributed by atoms with Crippen LogP contribution in [0, 0.1) is 0 Å². The Morgan fingerprint density at radius 1 is 0.402 bits per heavy atom. The SMILES string of the molecule is CCCCCCCCCCCCC/C=C/C=C/C(=O)OCC(COP(=O)(O)OC1C(OC2OC(CO)C(O)C(O)C2O)C(O)C(O)C(O)C1OC1OC(COC(=O)CCCCCCCCCCCCCCCCCC)C(O)C(O)C1O)OC(=O)CCCCCCCCCCCCCCCCCC. The van der Waals surface area contributed by atoms with Crippen LogP contribution in [0.15, 0.2) is 24.3 Å². The molecule has 102 heavy (non-hydrogen) atoms. The molecular formula is C77H141O24P. The molecule has 0 aromatic heterocycles. The predicted octanol–water partition coefficient (Wildman–Crippen LogP) is 12.1. The second-order valence-electron chi connectivity index (χ2n) is 28.9. The molecule has 0 aromatic rings. The Balaban J connectivity index is 1.72. The normalized spacial score (nSPS) is 27.1. The average Bonchev–Trinajstić information content (AvgIpc) is 0.762. The van der Waals surface area contributed by atoms with E-state index < -0.39 is 156 Å². The molecule has 25 heteroatoms. The van der Waals surface area contributed by atoms with Gasteiger partial charge in [0.05, 0.1) is 13.2 Å². The van der Waals surface area contributed by atoms with Crippen molar-refractivity contribution in [3.8, 4) is 0 Å². The summed E-state index contributed by atoms with van der Waals surface area (Å²) in [5, 5.41) is 110. The predicted molar refractivity (Wildman–Crippen MR) is 388 cm³/mol. The smallest absolute Gasteiger partial charge is 0.463 e. The van der Waals surface area contributed by atoms with Crippen molar-refractivity contribution in [1.29, 1.82) is 0 Å². The number of aliphatic hydroxyl groups is 10. The van der Waals surface area contributed by atoms with Gasteiger partial charge in [-0.3, -0.25) is 18.6 Å². The standard InChI is InChI=1S/C77H141O24P/c1-4-7-10-13-16-19-22-25-28-31-34-37-40-43-46-49-52-62(80)94-57-60-65(83)67(85)72(90)77(98-60)100-74-70(88)68(86)69(87)73(99-76-71(89)66(84)64(82)59(54-78)97-76)75(74)101-102(91,92)95-56-58(55-93-61(79)51-48-45-42-39-36-33-30-27-24-21-18-15-12-9-6-3)96-63(81)53-50-47-44-41-38-35-32-29-26-23-20-17-14-11-8-5-2/h42,45,48,51,58-60,64-78,82-90H,4-41,43-44,46-47,49-50,52-57H2,1-3H3,(H,91,92)/b45-42+,51-48+. The Bertz CT molecular complexity index is 2190. The molecule has 3 aliphatic rings. The summed E-state index contributed by atoms with van der Waals surface area (Å²) in [4.78, 5) is 51.0. The minimum atomic E-state index is -5.72. The molecule has 2 saturated heterocycles. The summed E-state index contributed by atoms with van der Waals surface area (Å²) in [5.74, 6) is -2.23. The number of carbonyl (C=O) groups is 3. The average molecular weight is 1480 g/mol. The van der Waals surface area contributed by atoms with Crippen LogP contribution in [0.3, 0.4) is 0 Å². The van der Waals surface area contributed by atoms with Crippen molar-refractivity contribution in [1.82, 2.24) is 0 Å². The second-order valence-corrected chi connectivity index (χ2v) is 30.3. The summed E-state index contributed by atoms with van der Waals surface area (Å²) in [6.07, 6.45) is 21.4. The largest absolute Gasteiger partial charge is 0.472 e. The monoisotopic (exact) mass is 1480 g/mol. The summed E-state index contributed by atoms with van der Waals surface area (Å²) >= 11 is 0. The van der Waals surface area contributed by atoms with E-state index in [1.807, 2.05) is 6.08 Å². The minimum Gasteiger partial charge on any atom is -0.463 e. The van der Waals surface area contributed by atoms with Gasteiger partial charge in [-0.05, 0) is 25.7 Å². The molecule has 0 amide bonds. The number of hydrogen-bond donors (Lipinski definition) is 11. The fraction of sp³-hybridized carbons (Fsp3) is 0.909. The zero-order valence-electron chi connectivity index (χ0n) is 62.7. The second kappa shape index (κ2) is 58.5.